The summed E-state index contributed by atoms with van der Waals surface area (Å²) in [7, 11) is 0. The van der Waals surface area contributed by atoms with Gasteiger partial charge in [-0.25, -0.2) is 4.98 Å². The first-order chi connectivity index (χ1) is 18.7. The highest BCUT2D eigenvalue weighted by molar-refractivity contribution is 7.13. The van der Waals surface area contributed by atoms with Crippen LogP contribution in [0.25, 0.3) is 21.5 Å². The van der Waals surface area contributed by atoms with Crippen LogP contribution in [0.2, 0.25) is 0 Å². The lowest BCUT2D eigenvalue weighted by Crippen LogP contribution is -2.17. The Morgan fingerprint density at radius 1 is 1.13 bits per heavy atom. The SMILES string of the molecule is CCc1ccsc1-c1cc(C(=O)Nc2c(C(F)(F)F)nn(Cc3ccc(C#N)cc3)c2C)c2ccccc2n1. The lowest BCUT2D eigenvalue weighted by Gasteiger charge is -2.12. The predicted octanol–water partition coefficient (Wildman–Crippen LogP) is 7.22. The van der Waals surface area contributed by atoms with Crippen molar-refractivity contribution < 1.29 is 18.0 Å². The van der Waals surface area contributed by atoms with Crippen molar-refractivity contribution >= 4 is 33.8 Å². The molecule has 0 spiro atoms. The molecule has 1 amide bonds. The van der Waals surface area contributed by atoms with Crippen molar-refractivity contribution in [2.45, 2.75) is 33.0 Å². The molecule has 0 atom stereocenters. The molecule has 0 fully saturated rings. The minimum Gasteiger partial charge on any atom is -0.319 e. The van der Waals surface area contributed by atoms with Gasteiger partial charge in [-0.1, -0.05) is 37.3 Å². The van der Waals surface area contributed by atoms with E-state index >= 15 is 0 Å². The smallest absolute Gasteiger partial charge is 0.319 e. The van der Waals surface area contributed by atoms with Crippen LogP contribution in [0, 0.1) is 18.3 Å². The number of aryl methyl sites for hydroxylation is 1. The van der Waals surface area contributed by atoms with Gasteiger partial charge in [-0.05, 0) is 60.2 Å². The Labute approximate surface area is 226 Å². The van der Waals surface area contributed by atoms with Gasteiger partial charge in [0.1, 0.15) is 0 Å². The van der Waals surface area contributed by atoms with Crippen LogP contribution in [0.4, 0.5) is 18.9 Å². The Bertz CT molecular complexity index is 1730. The number of alkyl halides is 3. The third-order valence-corrected chi connectivity index (χ3v) is 7.43. The molecule has 0 radical (unpaired) electrons. The molecule has 10 heteroatoms. The summed E-state index contributed by atoms with van der Waals surface area (Å²) in [5, 5.41) is 17.8. The standard InChI is InChI=1S/C29H22F3N5OS/c1-3-20-12-13-39-26(20)24-14-22(21-6-4-5-7-23(21)34-24)28(38)35-25-17(2)37(36-27(25)29(30,31)32)16-19-10-8-18(15-33)9-11-19/h4-14H,3,16H2,1-2H3,(H,35,38). The van der Waals surface area contributed by atoms with Crippen LogP contribution in [0.3, 0.4) is 0 Å². The quantitative estimate of drug-likeness (QED) is 0.244. The van der Waals surface area contributed by atoms with Gasteiger partial charge in [0.25, 0.3) is 5.91 Å². The molecule has 3 aromatic heterocycles. The van der Waals surface area contributed by atoms with Crippen molar-refractivity contribution in [3.63, 3.8) is 0 Å². The average Bonchev–Trinajstić information content (AvgIpc) is 3.53. The second-order valence-corrected chi connectivity index (χ2v) is 9.84. The average molecular weight is 546 g/mol. The molecule has 3 heterocycles. The summed E-state index contributed by atoms with van der Waals surface area (Å²) in [4.78, 5) is 19.2. The first-order valence-corrected chi connectivity index (χ1v) is 13.0. The zero-order valence-electron chi connectivity index (χ0n) is 21.0. The fourth-order valence-corrected chi connectivity index (χ4v) is 5.36. The number of aromatic nitrogens is 3. The Morgan fingerprint density at radius 3 is 2.56 bits per heavy atom. The van der Waals surface area contributed by atoms with Gasteiger partial charge in [-0.3, -0.25) is 9.48 Å². The largest absolute Gasteiger partial charge is 0.437 e. The molecule has 1 N–H and O–H groups in total. The van der Waals surface area contributed by atoms with E-state index in [2.05, 4.69) is 10.4 Å². The molecule has 0 aliphatic carbocycles. The van der Waals surface area contributed by atoms with Crippen LogP contribution in [-0.2, 0) is 19.1 Å². The Hall–Kier alpha value is -4.49. The fourth-order valence-electron chi connectivity index (χ4n) is 4.41. The number of hydrogen-bond donors (Lipinski definition) is 1. The number of nitrogens with zero attached hydrogens (tertiary/aromatic N) is 4. The first-order valence-electron chi connectivity index (χ1n) is 12.1. The number of carbonyl (C=O) groups excluding carboxylic acids is 1. The molecule has 5 rings (SSSR count). The molecule has 2 aromatic carbocycles. The molecule has 6 nitrogen and oxygen atoms in total. The second kappa shape index (κ2) is 10.3. The van der Waals surface area contributed by atoms with Gasteiger partial charge in [-0.2, -0.15) is 23.5 Å². The normalized spacial score (nSPS) is 11.5. The highest BCUT2D eigenvalue weighted by Crippen LogP contribution is 2.37. The molecule has 0 bridgehead atoms. The van der Waals surface area contributed by atoms with E-state index in [4.69, 9.17) is 10.2 Å². The van der Waals surface area contributed by atoms with E-state index in [-0.39, 0.29) is 17.8 Å². The Morgan fingerprint density at radius 2 is 1.87 bits per heavy atom. The maximum Gasteiger partial charge on any atom is 0.437 e. The number of halogens is 3. The minimum absolute atomic E-state index is 0.0387. The third kappa shape index (κ3) is 5.13. The number of hydrogen-bond acceptors (Lipinski definition) is 5. The number of thiophene rings is 1. The van der Waals surface area contributed by atoms with Crippen LogP contribution < -0.4 is 5.32 Å². The fraction of sp³-hybridized carbons (Fsp3) is 0.172. The number of para-hydroxylation sites is 1. The molecule has 0 aliphatic heterocycles. The van der Waals surface area contributed by atoms with Gasteiger partial charge in [0, 0.05) is 5.39 Å². The number of rotatable bonds is 6. The van der Waals surface area contributed by atoms with E-state index in [1.165, 1.54) is 22.9 Å². The van der Waals surface area contributed by atoms with Crippen LogP contribution in [0.5, 0.6) is 0 Å². The van der Waals surface area contributed by atoms with Gasteiger partial charge in [-0.15, -0.1) is 11.3 Å². The molecule has 0 unspecified atom stereocenters. The van der Waals surface area contributed by atoms with Gasteiger partial charge in [0.2, 0.25) is 0 Å². The van der Waals surface area contributed by atoms with E-state index < -0.39 is 23.5 Å². The zero-order chi connectivity index (χ0) is 27.7. The summed E-state index contributed by atoms with van der Waals surface area (Å²) in [6, 6.07) is 19.2. The van der Waals surface area contributed by atoms with Crippen molar-refractivity contribution in [2.24, 2.45) is 0 Å². The third-order valence-electron chi connectivity index (χ3n) is 6.45. The molecule has 196 valence electrons. The molecule has 0 aliphatic rings. The lowest BCUT2D eigenvalue weighted by atomic mass is 10.0. The van der Waals surface area contributed by atoms with Gasteiger partial charge in [0.15, 0.2) is 5.69 Å². The van der Waals surface area contributed by atoms with Gasteiger partial charge >= 0.3 is 6.18 Å². The van der Waals surface area contributed by atoms with Crippen LogP contribution >= 0.6 is 11.3 Å². The van der Waals surface area contributed by atoms with E-state index in [1.54, 1.807) is 54.6 Å². The van der Waals surface area contributed by atoms with Crippen molar-refractivity contribution in [2.75, 3.05) is 5.32 Å². The Balaban J connectivity index is 1.56. The van der Waals surface area contributed by atoms with Crippen LogP contribution in [0.1, 0.15) is 45.4 Å². The summed E-state index contributed by atoms with van der Waals surface area (Å²) < 4.78 is 43.3. The van der Waals surface area contributed by atoms with Crippen molar-refractivity contribution in [1.29, 1.82) is 5.26 Å². The number of benzene rings is 2. The highest BCUT2D eigenvalue weighted by atomic mass is 32.1. The first kappa shape index (κ1) is 26.1. The van der Waals surface area contributed by atoms with E-state index in [9.17, 15) is 18.0 Å². The van der Waals surface area contributed by atoms with E-state index in [0.717, 1.165) is 16.9 Å². The van der Waals surface area contributed by atoms with Gasteiger partial charge < -0.3 is 5.32 Å². The number of fused-ring (bicyclic) bond motifs is 1. The van der Waals surface area contributed by atoms with Crippen molar-refractivity contribution in [3.8, 4) is 16.6 Å². The maximum absolute atomic E-state index is 14.0. The number of amides is 1. The second-order valence-electron chi connectivity index (χ2n) is 8.93. The number of nitriles is 1. The number of anilines is 1. The zero-order valence-corrected chi connectivity index (χ0v) is 21.8. The molecular weight excluding hydrogens is 523 g/mol. The predicted molar refractivity (Wildman–Crippen MR) is 145 cm³/mol. The highest BCUT2D eigenvalue weighted by Gasteiger charge is 2.39. The number of carbonyl (C=O) groups is 1. The molecule has 39 heavy (non-hydrogen) atoms. The monoisotopic (exact) mass is 545 g/mol. The Kier molecular flexibility index (Phi) is 6.93. The minimum atomic E-state index is -4.79. The van der Waals surface area contributed by atoms with Gasteiger partial charge in [0.05, 0.1) is 51.2 Å². The number of nitrogens with one attached hydrogen (secondary N) is 1. The summed E-state index contributed by atoms with van der Waals surface area (Å²) >= 11 is 1.50. The van der Waals surface area contributed by atoms with Crippen LogP contribution in [-0.4, -0.2) is 20.7 Å². The van der Waals surface area contributed by atoms with E-state index in [1.807, 2.05) is 24.4 Å². The molecule has 0 saturated carbocycles. The topological polar surface area (TPSA) is 83.6 Å². The number of pyridine rings is 1. The summed E-state index contributed by atoms with van der Waals surface area (Å²) in [5.74, 6) is -0.684. The summed E-state index contributed by atoms with van der Waals surface area (Å²) in [6.07, 6.45) is -4.01. The van der Waals surface area contributed by atoms with Crippen molar-refractivity contribution in [3.05, 3.63) is 99.7 Å². The van der Waals surface area contributed by atoms with E-state index in [0.29, 0.717) is 27.7 Å². The lowest BCUT2D eigenvalue weighted by molar-refractivity contribution is -0.140. The summed E-state index contributed by atoms with van der Waals surface area (Å²) in [6.45, 7) is 3.55. The molecule has 5 aromatic rings. The molecule has 0 saturated heterocycles. The van der Waals surface area contributed by atoms with Crippen LogP contribution in [0.15, 0.2) is 66.0 Å². The molecular formula is C29H22F3N5OS. The summed E-state index contributed by atoms with van der Waals surface area (Å²) in [5.41, 5.74) is 2.16. The van der Waals surface area contributed by atoms with Crippen molar-refractivity contribution in [1.82, 2.24) is 14.8 Å². The maximum atomic E-state index is 14.0.